The fourth-order valence-electron chi connectivity index (χ4n) is 5.08. The van der Waals surface area contributed by atoms with Gasteiger partial charge in [0.1, 0.15) is 30.2 Å². The van der Waals surface area contributed by atoms with E-state index in [1.54, 1.807) is 13.8 Å². The molecule has 2 saturated heterocycles. The van der Waals surface area contributed by atoms with Gasteiger partial charge in [0.25, 0.3) is 0 Å². The third-order valence-corrected chi connectivity index (χ3v) is 7.48. The van der Waals surface area contributed by atoms with Crippen molar-refractivity contribution in [3.05, 3.63) is 0 Å². The zero-order valence-corrected chi connectivity index (χ0v) is 24.4. The van der Waals surface area contributed by atoms with Crippen LogP contribution in [-0.4, -0.2) is 99.8 Å². The van der Waals surface area contributed by atoms with Crippen LogP contribution in [0.3, 0.4) is 0 Å². The quantitative estimate of drug-likeness (QED) is 0.210. The number of aliphatic carboxylic acids is 1. The Bertz CT molecular complexity index is 971. The SMILES string of the molecule is CC(C)C[C@H](NC(=O)[C@H](C)NC(=O)[C@@H]1CCCN1C(=O)[C@H](C)NC(=O)[C@@H](N)C(C)C)C(=O)N1CCC[C@H]1C(=O)O. The fraction of sp³-hybridized carbons (Fsp3) is 0.778. The van der Waals surface area contributed by atoms with Crippen LogP contribution in [-0.2, 0) is 28.8 Å². The van der Waals surface area contributed by atoms with Gasteiger partial charge in [-0.05, 0) is 57.8 Å². The maximum absolute atomic E-state index is 13.2. The first-order valence-electron chi connectivity index (χ1n) is 14.2. The molecule has 13 heteroatoms. The number of carboxylic acid groups (broad SMARTS) is 1. The molecule has 0 aliphatic carbocycles. The van der Waals surface area contributed by atoms with Crippen molar-refractivity contribution in [3.63, 3.8) is 0 Å². The van der Waals surface area contributed by atoms with E-state index in [4.69, 9.17) is 5.73 Å². The maximum Gasteiger partial charge on any atom is 0.326 e. The normalized spacial score (nSPS) is 22.0. The van der Waals surface area contributed by atoms with E-state index in [1.807, 2.05) is 13.8 Å². The number of rotatable bonds is 12. The predicted octanol–water partition coefficient (Wildman–Crippen LogP) is -0.423. The topological polar surface area (TPSA) is 191 Å². The van der Waals surface area contributed by atoms with Gasteiger partial charge in [0.05, 0.1) is 6.04 Å². The molecule has 13 nitrogen and oxygen atoms in total. The number of amides is 5. The van der Waals surface area contributed by atoms with E-state index < -0.39 is 71.8 Å². The standard InChI is InChI=1S/C27H46N6O7/c1-14(2)13-18(26(38)33-12-8-10-20(33)27(39)40)31-22(34)16(5)29-23(35)19-9-7-11-32(19)25(37)17(6)30-24(36)21(28)15(3)4/h14-21H,7-13,28H2,1-6H3,(H,29,35)(H,30,36)(H,31,34)(H,39,40)/t16-,17-,18-,19-,20-,21-/m0/s1. The molecule has 2 aliphatic heterocycles. The first-order valence-corrected chi connectivity index (χ1v) is 14.2. The van der Waals surface area contributed by atoms with Gasteiger partial charge in [0, 0.05) is 13.1 Å². The summed E-state index contributed by atoms with van der Waals surface area (Å²) in [4.78, 5) is 79.0. The van der Waals surface area contributed by atoms with Gasteiger partial charge in [-0.3, -0.25) is 24.0 Å². The molecule has 0 aromatic carbocycles. The highest BCUT2D eigenvalue weighted by atomic mass is 16.4. The van der Waals surface area contributed by atoms with Gasteiger partial charge in [0.2, 0.25) is 29.5 Å². The summed E-state index contributed by atoms with van der Waals surface area (Å²) in [5.74, 6) is -3.55. The molecule has 226 valence electrons. The molecule has 2 heterocycles. The fourth-order valence-corrected chi connectivity index (χ4v) is 5.08. The van der Waals surface area contributed by atoms with Crippen LogP contribution in [0.2, 0.25) is 0 Å². The van der Waals surface area contributed by atoms with Crippen LogP contribution in [0.5, 0.6) is 0 Å². The van der Waals surface area contributed by atoms with E-state index in [0.717, 1.165) is 0 Å². The smallest absolute Gasteiger partial charge is 0.326 e. The van der Waals surface area contributed by atoms with Crippen LogP contribution in [0.15, 0.2) is 0 Å². The number of carboxylic acids is 1. The van der Waals surface area contributed by atoms with Crippen LogP contribution in [0.25, 0.3) is 0 Å². The summed E-state index contributed by atoms with van der Waals surface area (Å²) in [5.41, 5.74) is 5.87. The molecule has 0 bridgehead atoms. The summed E-state index contributed by atoms with van der Waals surface area (Å²) < 4.78 is 0. The molecular formula is C27H46N6O7. The summed E-state index contributed by atoms with van der Waals surface area (Å²) >= 11 is 0. The second-order valence-electron chi connectivity index (χ2n) is 11.6. The molecule has 0 spiro atoms. The summed E-state index contributed by atoms with van der Waals surface area (Å²) in [6.07, 6.45) is 2.23. The monoisotopic (exact) mass is 566 g/mol. The second kappa shape index (κ2) is 14.4. The van der Waals surface area contributed by atoms with Crippen molar-refractivity contribution in [2.75, 3.05) is 13.1 Å². The number of nitrogens with two attached hydrogens (primary N) is 1. The molecule has 0 aromatic rings. The van der Waals surface area contributed by atoms with Crippen LogP contribution >= 0.6 is 0 Å². The molecule has 2 rings (SSSR count). The Labute approximate surface area is 235 Å². The first-order chi connectivity index (χ1) is 18.6. The van der Waals surface area contributed by atoms with Gasteiger partial charge in [-0.25, -0.2) is 4.79 Å². The Morgan fingerprint density at radius 2 is 1.32 bits per heavy atom. The van der Waals surface area contributed by atoms with E-state index in [1.165, 1.54) is 23.6 Å². The lowest BCUT2D eigenvalue weighted by atomic mass is 10.0. The molecule has 2 fully saturated rings. The Kier molecular flexibility index (Phi) is 11.9. The van der Waals surface area contributed by atoms with Crippen molar-refractivity contribution in [1.82, 2.24) is 25.8 Å². The van der Waals surface area contributed by atoms with Crippen LogP contribution in [0.4, 0.5) is 0 Å². The van der Waals surface area contributed by atoms with E-state index in [9.17, 15) is 33.9 Å². The third kappa shape index (κ3) is 8.39. The minimum Gasteiger partial charge on any atom is -0.480 e. The van der Waals surface area contributed by atoms with Gasteiger partial charge in [-0.1, -0.05) is 27.7 Å². The molecule has 2 aliphatic rings. The summed E-state index contributed by atoms with van der Waals surface area (Å²) in [6.45, 7) is 11.0. The maximum atomic E-state index is 13.2. The van der Waals surface area contributed by atoms with Crippen LogP contribution in [0.1, 0.15) is 73.6 Å². The van der Waals surface area contributed by atoms with E-state index in [0.29, 0.717) is 45.2 Å². The highest BCUT2D eigenvalue weighted by Crippen LogP contribution is 2.21. The van der Waals surface area contributed by atoms with Gasteiger partial charge in [0.15, 0.2) is 0 Å². The van der Waals surface area contributed by atoms with Crippen molar-refractivity contribution >= 4 is 35.5 Å². The molecule has 6 atom stereocenters. The molecule has 0 aromatic heterocycles. The highest BCUT2D eigenvalue weighted by Gasteiger charge is 2.40. The van der Waals surface area contributed by atoms with Gasteiger partial charge in [-0.15, -0.1) is 0 Å². The number of nitrogens with one attached hydrogen (secondary N) is 3. The van der Waals surface area contributed by atoms with Crippen molar-refractivity contribution in [1.29, 1.82) is 0 Å². The minimum atomic E-state index is -1.08. The second-order valence-corrected chi connectivity index (χ2v) is 11.6. The summed E-state index contributed by atoms with van der Waals surface area (Å²) in [6, 6.07) is -5.32. The molecule has 0 radical (unpaired) electrons. The highest BCUT2D eigenvalue weighted by molar-refractivity contribution is 5.96. The first kappa shape index (κ1) is 33.0. The average molecular weight is 567 g/mol. The zero-order chi connectivity index (χ0) is 30.3. The van der Waals surface area contributed by atoms with E-state index >= 15 is 0 Å². The van der Waals surface area contributed by atoms with E-state index in [-0.39, 0.29) is 11.8 Å². The van der Waals surface area contributed by atoms with Crippen LogP contribution in [0, 0.1) is 11.8 Å². The van der Waals surface area contributed by atoms with Gasteiger partial charge >= 0.3 is 5.97 Å². The Hall–Kier alpha value is -3.22. The number of nitrogens with zero attached hydrogens (tertiary/aromatic N) is 2. The Morgan fingerprint density at radius 3 is 1.85 bits per heavy atom. The molecule has 6 N–H and O–H groups in total. The summed E-state index contributed by atoms with van der Waals surface area (Å²) in [5, 5.41) is 17.4. The Balaban J connectivity index is 2.02. The predicted molar refractivity (Wildman–Crippen MR) is 147 cm³/mol. The minimum absolute atomic E-state index is 0.0423. The lowest BCUT2D eigenvalue weighted by Crippen LogP contribution is -2.58. The molecule has 0 saturated carbocycles. The molecular weight excluding hydrogens is 520 g/mol. The van der Waals surface area contributed by atoms with E-state index in [2.05, 4.69) is 16.0 Å². The van der Waals surface area contributed by atoms with Crippen molar-refractivity contribution < 1.29 is 33.9 Å². The number of carbonyl (C=O) groups is 6. The largest absolute Gasteiger partial charge is 0.480 e. The zero-order valence-electron chi connectivity index (χ0n) is 24.4. The molecule has 40 heavy (non-hydrogen) atoms. The number of hydrogen-bond acceptors (Lipinski definition) is 7. The Morgan fingerprint density at radius 1 is 0.775 bits per heavy atom. The molecule has 5 amide bonds. The van der Waals surface area contributed by atoms with Crippen molar-refractivity contribution in [2.45, 2.75) is 110 Å². The van der Waals surface area contributed by atoms with Gasteiger partial charge < -0.3 is 36.6 Å². The molecule has 0 unspecified atom stereocenters. The van der Waals surface area contributed by atoms with Crippen LogP contribution < -0.4 is 21.7 Å². The third-order valence-electron chi connectivity index (χ3n) is 7.48. The number of carbonyl (C=O) groups excluding carboxylic acids is 5. The average Bonchev–Trinajstić information content (AvgIpc) is 3.56. The number of likely N-dealkylation sites (tertiary alicyclic amines) is 2. The van der Waals surface area contributed by atoms with Gasteiger partial charge in [-0.2, -0.15) is 0 Å². The lowest BCUT2D eigenvalue weighted by molar-refractivity contribution is -0.149. The summed E-state index contributed by atoms with van der Waals surface area (Å²) in [7, 11) is 0. The number of hydrogen-bond donors (Lipinski definition) is 5. The van der Waals surface area contributed by atoms with Crippen molar-refractivity contribution in [3.8, 4) is 0 Å². The van der Waals surface area contributed by atoms with Crippen molar-refractivity contribution in [2.24, 2.45) is 17.6 Å². The lowest BCUT2D eigenvalue weighted by Gasteiger charge is -2.30.